The maximum Gasteiger partial charge on any atom is 0.308 e. The minimum atomic E-state index is -1.09. The Morgan fingerprint density at radius 1 is 1.19 bits per heavy atom. The molecule has 21 heavy (non-hydrogen) atoms. The van der Waals surface area contributed by atoms with Crippen LogP contribution in [-0.4, -0.2) is 46.0 Å². The molecule has 0 fully saturated rings. The van der Waals surface area contributed by atoms with Crippen LogP contribution in [0, 0.1) is 11.7 Å². The topological polar surface area (TPSA) is 94.9 Å². The Hall–Kier alpha value is -2.44. The van der Waals surface area contributed by atoms with Crippen molar-refractivity contribution < 1.29 is 29.0 Å². The molecule has 1 atom stereocenters. The molecule has 7 heteroatoms. The highest BCUT2D eigenvalue weighted by Crippen LogP contribution is 2.10. The summed E-state index contributed by atoms with van der Waals surface area (Å²) in [7, 11) is 0. The first-order chi connectivity index (χ1) is 9.81. The molecule has 0 bridgehead atoms. The smallest absolute Gasteiger partial charge is 0.308 e. The van der Waals surface area contributed by atoms with Crippen LogP contribution in [0.3, 0.4) is 0 Å². The van der Waals surface area contributed by atoms with Crippen LogP contribution in [0.5, 0.6) is 0 Å². The van der Waals surface area contributed by atoms with Crippen LogP contribution in [0.4, 0.5) is 4.39 Å². The Balaban J connectivity index is 2.87. The minimum absolute atomic E-state index is 0.108. The van der Waals surface area contributed by atoms with E-state index in [2.05, 4.69) is 0 Å². The van der Waals surface area contributed by atoms with Gasteiger partial charge in [-0.3, -0.25) is 14.4 Å². The van der Waals surface area contributed by atoms with Crippen LogP contribution < -0.4 is 0 Å². The molecule has 0 aliphatic rings. The summed E-state index contributed by atoms with van der Waals surface area (Å²) < 4.78 is 12.8. The van der Waals surface area contributed by atoms with Gasteiger partial charge in [0.2, 0.25) is 0 Å². The number of aliphatic carboxylic acids is 2. The lowest BCUT2D eigenvalue weighted by molar-refractivity contribution is -0.141. The fourth-order valence-electron chi connectivity index (χ4n) is 1.69. The van der Waals surface area contributed by atoms with E-state index in [1.807, 2.05) is 0 Å². The molecule has 1 amide bonds. The van der Waals surface area contributed by atoms with Gasteiger partial charge in [-0.25, -0.2) is 4.39 Å². The van der Waals surface area contributed by atoms with Crippen molar-refractivity contribution in [3.63, 3.8) is 0 Å². The number of halogens is 1. The number of carboxylic acids is 2. The molecular weight excluding hydrogens is 281 g/mol. The van der Waals surface area contributed by atoms with Gasteiger partial charge in [0, 0.05) is 18.7 Å². The number of carbonyl (C=O) groups is 3. The van der Waals surface area contributed by atoms with Crippen LogP contribution >= 0.6 is 0 Å². The fraction of sp³-hybridized carbons (Fsp3) is 0.357. The number of hydrogen-bond acceptors (Lipinski definition) is 3. The second-order valence-electron chi connectivity index (χ2n) is 4.64. The van der Waals surface area contributed by atoms with Crippen molar-refractivity contribution in [3.8, 4) is 0 Å². The molecule has 0 spiro atoms. The molecule has 0 heterocycles. The average molecular weight is 297 g/mol. The first kappa shape index (κ1) is 16.6. The summed E-state index contributed by atoms with van der Waals surface area (Å²) in [6.45, 7) is 1.20. The molecule has 0 radical (unpaired) electrons. The number of hydrogen-bond donors (Lipinski definition) is 2. The number of nitrogens with zero attached hydrogens (tertiary/aromatic N) is 1. The maximum atomic E-state index is 12.8. The van der Waals surface area contributed by atoms with Gasteiger partial charge in [0.1, 0.15) is 5.82 Å². The van der Waals surface area contributed by atoms with Crippen LogP contribution in [-0.2, 0) is 9.59 Å². The standard InChI is InChI=1S/C14H16FNO5/c1-9(14(20)21)8-16(7-6-12(17)18)13(19)10-2-4-11(15)5-3-10/h2-5,9H,6-8H2,1H3,(H,17,18)(H,20,21). The zero-order valence-electron chi connectivity index (χ0n) is 11.5. The molecule has 0 aliphatic heterocycles. The Kier molecular flexibility index (Phi) is 5.83. The van der Waals surface area contributed by atoms with Gasteiger partial charge in [-0.05, 0) is 24.3 Å². The van der Waals surface area contributed by atoms with E-state index in [4.69, 9.17) is 10.2 Å². The highest BCUT2D eigenvalue weighted by molar-refractivity contribution is 5.94. The molecular formula is C14H16FNO5. The zero-order chi connectivity index (χ0) is 16.0. The molecule has 2 N–H and O–H groups in total. The largest absolute Gasteiger partial charge is 0.481 e. The third kappa shape index (κ3) is 5.21. The number of benzene rings is 1. The SMILES string of the molecule is CC(CN(CCC(=O)O)C(=O)c1ccc(F)cc1)C(=O)O. The van der Waals surface area contributed by atoms with Crippen molar-refractivity contribution in [3.05, 3.63) is 35.6 Å². The summed E-state index contributed by atoms with van der Waals surface area (Å²) in [4.78, 5) is 34.9. The van der Waals surface area contributed by atoms with Crippen molar-refractivity contribution in [1.82, 2.24) is 4.90 Å². The minimum Gasteiger partial charge on any atom is -0.481 e. The first-order valence-corrected chi connectivity index (χ1v) is 6.30. The monoisotopic (exact) mass is 297 g/mol. The number of carboxylic acid groups (broad SMARTS) is 2. The normalized spacial score (nSPS) is 11.7. The number of amides is 1. The van der Waals surface area contributed by atoms with Gasteiger partial charge >= 0.3 is 11.9 Å². The highest BCUT2D eigenvalue weighted by atomic mass is 19.1. The molecule has 1 unspecified atom stereocenters. The lowest BCUT2D eigenvalue weighted by Gasteiger charge is -2.24. The van der Waals surface area contributed by atoms with Crippen LogP contribution in [0.1, 0.15) is 23.7 Å². The summed E-state index contributed by atoms with van der Waals surface area (Å²) in [5.74, 6) is -4.02. The van der Waals surface area contributed by atoms with Gasteiger partial charge in [0.15, 0.2) is 0 Å². The van der Waals surface area contributed by atoms with Crippen LogP contribution in [0.2, 0.25) is 0 Å². The molecule has 1 aromatic rings. The third-order valence-corrected chi connectivity index (χ3v) is 2.89. The van der Waals surface area contributed by atoms with E-state index in [-0.39, 0.29) is 25.1 Å². The molecule has 0 aliphatic carbocycles. The second-order valence-corrected chi connectivity index (χ2v) is 4.64. The van der Waals surface area contributed by atoms with E-state index in [9.17, 15) is 18.8 Å². The Morgan fingerprint density at radius 3 is 2.24 bits per heavy atom. The van der Waals surface area contributed by atoms with Gasteiger partial charge in [-0.2, -0.15) is 0 Å². The van der Waals surface area contributed by atoms with Gasteiger partial charge < -0.3 is 15.1 Å². The van der Waals surface area contributed by atoms with E-state index >= 15 is 0 Å². The summed E-state index contributed by atoms with van der Waals surface area (Å²) in [6.07, 6.45) is -0.292. The number of carbonyl (C=O) groups excluding carboxylic acids is 1. The molecule has 1 aromatic carbocycles. The lowest BCUT2D eigenvalue weighted by Crippen LogP contribution is -2.38. The Labute approximate surface area is 120 Å². The van der Waals surface area contributed by atoms with Gasteiger partial charge in [-0.1, -0.05) is 6.92 Å². The van der Waals surface area contributed by atoms with Gasteiger partial charge in [-0.15, -0.1) is 0 Å². The predicted molar refractivity (Wildman–Crippen MR) is 71.4 cm³/mol. The Bertz CT molecular complexity index is 529. The fourth-order valence-corrected chi connectivity index (χ4v) is 1.69. The van der Waals surface area contributed by atoms with Crippen molar-refractivity contribution in [2.75, 3.05) is 13.1 Å². The van der Waals surface area contributed by atoms with Crippen molar-refractivity contribution >= 4 is 17.8 Å². The van der Waals surface area contributed by atoms with Crippen molar-refractivity contribution in [2.45, 2.75) is 13.3 Å². The number of rotatable bonds is 7. The molecule has 0 aromatic heterocycles. The van der Waals surface area contributed by atoms with E-state index in [1.54, 1.807) is 0 Å². The molecule has 1 rings (SSSR count). The maximum absolute atomic E-state index is 12.8. The molecule has 6 nitrogen and oxygen atoms in total. The van der Waals surface area contributed by atoms with E-state index < -0.39 is 29.6 Å². The van der Waals surface area contributed by atoms with Crippen LogP contribution in [0.15, 0.2) is 24.3 Å². The zero-order valence-corrected chi connectivity index (χ0v) is 11.5. The van der Waals surface area contributed by atoms with Gasteiger partial charge in [0.25, 0.3) is 5.91 Å². The lowest BCUT2D eigenvalue weighted by atomic mass is 10.1. The average Bonchev–Trinajstić information content (AvgIpc) is 2.42. The quantitative estimate of drug-likeness (QED) is 0.794. The van der Waals surface area contributed by atoms with Crippen molar-refractivity contribution in [2.24, 2.45) is 5.92 Å². The second kappa shape index (κ2) is 7.37. The molecule has 114 valence electrons. The summed E-state index contributed by atoms with van der Waals surface area (Å²) in [5.41, 5.74) is 0.180. The third-order valence-electron chi connectivity index (χ3n) is 2.89. The summed E-state index contributed by atoms with van der Waals surface area (Å²) >= 11 is 0. The Morgan fingerprint density at radius 2 is 1.76 bits per heavy atom. The van der Waals surface area contributed by atoms with E-state index in [0.717, 1.165) is 17.0 Å². The van der Waals surface area contributed by atoms with Crippen LogP contribution in [0.25, 0.3) is 0 Å². The van der Waals surface area contributed by atoms with Gasteiger partial charge in [0.05, 0.1) is 12.3 Å². The predicted octanol–water partition coefficient (Wildman–Crippen LogP) is 1.46. The summed E-state index contributed by atoms with van der Waals surface area (Å²) in [5, 5.41) is 17.6. The first-order valence-electron chi connectivity index (χ1n) is 6.30. The summed E-state index contributed by atoms with van der Waals surface area (Å²) in [6, 6.07) is 4.78. The van der Waals surface area contributed by atoms with E-state index in [0.29, 0.717) is 0 Å². The highest BCUT2D eigenvalue weighted by Gasteiger charge is 2.22. The van der Waals surface area contributed by atoms with E-state index in [1.165, 1.54) is 19.1 Å². The molecule has 0 saturated carbocycles. The van der Waals surface area contributed by atoms with Crippen molar-refractivity contribution in [1.29, 1.82) is 0 Å². The molecule has 0 saturated heterocycles.